The lowest BCUT2D eigenvalue weighted by Gasteiger charge is -2.13. The number of primary sulfonamides is 1. The molecule has 0 spiro atoms. The summed E-state index contributed by atoms with van der Waals surface area (Å²) in [7, 11) is -3.70. The van der Waals surface area contributed by atoms with E-state index in [1.54, 1.807) is 18.4 Å². The van der Waals surface area contributed by atoms with Gasteiger partial charge in [0.05, 0.1) is 11.2 Å². The summed E-state index contributed by atoms with van der Waals surface area (Å²) in [5.41, 5.74) is 3.67. The number of hydrogen-bond acceptors (Lipinski definition) is 4. The highest BCUT2D eigenvalue weighted by Gasteiger charge is 2.12. The molecule has 1 heterocycles. The third kappa shape index (κ3) is 3.02. The molecule has 0 aliphatic heterocycles. The predicted molar refractivity (Wildman–Crippen MR) is 78.1 cm³/mol. The van der Waals surface area contributed by atoms with Gasteiger partial charge in [0, 0.05) is 17.8 Å². The summed E-state index contributed by atoms with van der Waals surface area (Å²) < 4.78 is 28.2. The number of nitrogens with one attached hydrogen (secondary N) is 1. The van der Waals surface area contributed by atoms with Crippen LogP contribution in [0.15, 0.2) is 33.8 Å². The van der Waals surface area contributed by atoms with Gasteiger partial charge >= 0.3 is 0 Å². The number of sulfonamides is 1. The number of furan rings is 1. The van der Waals surface area contributed by atoms with E-state index in [1.165, 1.54) is 0 Å². The minimum Gasteiger partial charge on any atom is -0.469 e. The van der Waals surface area contributed by atoms with E-state index in [0.29, 0.717) is 6.54 Å². The zero-order valence-electron chi connectivity index (χ0n) is 11.7. The van der Waals surface area contributed by atoms with Crippen molar-refractivity contribution < 1.29 is 12.8 Å². The molecule has 20 heavy (non-hydrogen) atoms. The van der Waals surface area contributed by atoms with Crippen molar-refractivity contribution in [2.75, 3.05) is 5.32 Å². The smallest absolute Gasteiger partial charge is 0.238 e. The van der Waals surface area contributed by atoms with Crippen molar-refractivity contribution in [1.82, 2.24) is 0 Å². The van der Waals surface area contributed by atoms with Gasteiger partial charge in [-0.05, 0) is 50.1 Å². The molecule has 5 nitrogen and oxygen atoms in total. The third-order valence-electron chi connectivity index (χ3n) is 3.40. The summed E-state index contributed by atoms with van der Waals surface area (Å²) in [4.78, 5) is 0.118. The van der Waals surface area contributed by atoms with Crippen molar-refractivity contribution in [3.05, 3.63) is 46.9 Å². The maximum Gasteiger partial charge on any atom is 0.238 e. The molecule has 1 aromatic heterocycles. The average Bonchev–Trinajstić information content (AvgIpc) is 2.75. The Balaban J connectivity index is 2.32. The molecule has 0 atom stereocenters. The Labute approximate surface area is 118 Å². The fraction of sp³-hybridized carbons (Fsp3) is 0.286. The summed E-state index contributed by atoms with van der Waals surface area (Å²) >= 11 is 0. The highest BCUT2D eigenvalue weighted by atomic mass is 32.2. The molecule has 0 amide bonds. The first-order valence-electron chi connectivity index (χ1n) is 6.20. The maximum atomic E-state index is 11.5. The maximum absolute atomic E-state index is 11.5. The highest BCUT2D eigenvalue weighted by Crippen LogP contribution is 2.24. The lowest BCUT2D eigenvalue weighted by atomic mass is 10.1. The SMILES string of the molecule is Cc1cc(S(N)(=O)=O)cc(NCc2ccoc2C)c1C. The van der Waals surface area contributed by atoms with Crippen molar-refractivity contribution in [2.45, 2.75) is 32.2 Å². The van der Waals surface area contributed by atoms with Gasteiger partial charge in [0.1, 0.15) is 5.76 Å². The van der Waals surface area contributed by atoms with Crippen LogP contribution in [0.2, 0.25) is 0 Å². The predicted octanol–water partition coefficient (Wildman–Crippen LogP) is 2.46. The summed E-state index contributed by atoms with van der Waals surface area (Å²) in [6, 6.07) is 5.03. The Hall–Kier alpha value is -1.79. The molecule has 0 bridgehead atoms. The molecular formula is C14H18N2O3S. The van der Waals surface area contributed by atoms with Gasteiger partial charge in [0.25, 0.3) is 0 Å². The normalized spacial score (nSPS) is 11.6. The van der Waals surface area contributed by atoms with Crippen LogP contribution in [0.1, 0.15) is 22.5 Å². The monoisotopic (exact) mass is 294 g/mol. The van der Waals surface area contributed by atoms with Crippen LogP contribution in [0.25, 0.3) is 0 Å². The number of anilines is 1. The van der Waals surface area contributed by atoms with E-state index in [4.69, 9.17) is 9.56 Å². The van der Waals surface area contributed by atoms with Gasteiger partial charge in [-0.1, -0.05) is 0 Å². The van der Waals surface area contributed by atoms with Gasteiger partial charge in [-0.3, -0.25) is 0 Å². The van der Waals surface area contributed by atoms with Crippen molar-refractivity contribution >= 4 is 15.7 Å². The minimum absolute atomic E-state index is 0.118. The summed E-state index contributed by atoms with van der Waals surface area (Å²) in [6.07, 6.45) is 1.63. The van der Waals surface area contributed by atoms with Gasteiger partial charge < -0.3 is 9.73 Å². The second-order valence-corrected chi connectivity index (χ2v) is 6.37. The van der Waals surface area contributed by atoms with Gasteiger partial charge in [0.2, 0.25) is 10.0 Å². The second kappa shape index (κ2) is 5.30. The molecule has 0 saturated heterocycles. The van der Waals surface area contributed by atoms with E-state index < -0.39 is 10.0 Å². The van der Waals surface area contributed by atoms with Gasteiger partial charge in [-0.2, -0.15) is 0 Å². The topological polar surface area (TPSA) is 85.3 Å². The summed E-state index contributed by atoms with van der Waals surface area (Å²) in [5, 5.41) is 8.42. The Kier molecular flexibility index (Phi) is 3.87. The molecule has 108 valence electrons. The fourth-order valence-electron chi connectivity index (χ4n) is 1.96. The first-order valence-corrected chi connectivity index (χ1v) is 7.74. The van der Waals surface area contributed by atoms with E-state index in [9.17, 15) is 8.42 Å². The molecule has 0 saturated carbocycles. The zero-order valence-corrected chi connectivity index (χ0v) is 12.5. The van der Waals surface area contributed by atoms with Crippen molar-refractivity contribution in [3.63, 3.8) is 0 Å². The standard InChI is InChI=1S/C14H18N2O3S/c1-9-6-13(20(15,17)18)7-14(10(9)2)16-8-12-4-5-19-11(12)3/h4-7,16H,8H2,1-3H3,(H2,15,17,18). The van der Waals surface area contributed by atoms with Crippen LogP contribution in [0.4, 0.5) is 5.69 Å². The third-order valence-corrected chi connectivity index (χ3v) is 4.30. The minimum atomic E-state index is -3.70. The second-order valence-electron chi connectivity index (χ2n) is 4.81. The Morgan fingerprint density at radius 2 is 1.95 bits per heavy atom. The van der Waals surface area contributed by atoms with Gasteiger partial charge in [0.15, 0.2) is 0 Å². The number of aryl methyl sites for hydroxylation is 2. The van der Waals surface area contributed by atoms with E-state index in [1.807, 2.05) is 26.8 Å². The van der Waals surface area contributed by atoms with Crippen LogP contribution in [0.5, 0.6) is 0 Å². The first-order chi connectivity index (χ1) is 9.29. The molecule has 2 rings (SSSR count). The molecule has 0 radical (unpaired) electrons. The summed E-state index contributed by atoms with van der Waals surface area (Å²) in [6.45, 7) is 6.25. The molecular weight excluding hydrogens is 276 g/mol. The molecule has 6 heteroatoms. The van der Waals surface area contributed by atoms with E-state index in [2.05, 4.69) is 5.32 Å². The largest absolute Gasteiger partial charge is 0.469 e. The van der Waals surface area contributed by atoms with Crippen molar-refractivity contribution in [3.8, 4) is 0 Å². The van der Waals surface area contributed by atoms with Crippen LogP contribution in [0.3, 0.4) is 0 Å². The lowest BCUT2D eigenvalue weighted by molar-refractivity contribution is 0.530. The molecule has 0 aliphatic rings. The Bertz CT molecular complexity index is 733. The van der Waals surface area contributed by atoms with Gasteiger partial charge in [-0.15, -0.1) is 0 Å². The molecule has 0 unspecified atom stereocenters. The quantitative estimate of drug-likeness (QED) is 0.907. The molecule has 0 fully saturated rings. The number of rotatable bonds is 4. The number of hydrogen-bond donors (Lipinski definition) is 2. The van der Waals surface area contributed by atoms with E-state index in [0.717, 1.165) is 28.1 Å². The molecule has 2 aromatic rings. The van der Waals surface area contributed by atoms with Crippen LogP contribution in [-0.2, 0) is 16.6 Å². The number of nitrogens with two attached hydrogens (primary N) is 1. The van der Waals surface area contributed by atoms with Crippen molar-refractivity contribution in [1.29, 1.82) is 0 Å². The first kappa shape index (κ1) is 14.6. The average molecular weight is 294 g/mol. The fourth-order valence-corrected chi connectivity index (χ4v) is 2.58. The van der Waals surface area contributed by atoms with E-state index in [-0.39, 0.29) is 4.90 Å². The number of benzene rings is 1. The Morgan fingerprint density at radius 3 is 2.50 bits per heavy atom. The summed E-state index contributed by atoms with van der Waals surface area (Å²) in [5.74, 6) is 0.842. The zero-order chi connectivity index (χ0) is 14.9. The van der Waals surface area contributed by atoms with Gasteiger partial charge in [-0.25, -0.2) is 13.6 Å². The van der Waals surface area contributed by atoms with Crippen LogP contribution in [-0.4, -0.2) is 8.42 Å². The van der Waals surface area contributed by atoms with Crippen LogP contribution < -0.4 is 10.5 Å². The van der Waals surface area contributed by atoms with Crippen molar-refractivity contribution in [2.24, 2.45) is 5.14 Å². The molecule has 1 aromatic carbocycles. The van der Waals surface area contributed by atoms with E-state index >= 15 is 0 Å². The molecule has 0 aliphatic carbocycles. The Morgan fingerprint density at radius 1 is 1.25 bits per heavy atom. The highest BCUT2D eigenvalue weighted by molar-refractivity contribution is 7.89. The van der Waals surface area contributed by atoms with Crippen LogP contribution in [0, 0.1) is 20.8 Å². The lowest BCUT2D eigenvalue weighted by Crippen LogP contribution is -2.13. The van der Waals surface area contributed by atoms with Crippen LogP contribution >= 0.6 is 0 Å². The molecule has 3 N–H and O–H groups in total.